The number of carbonyl (C=O) groups is 1. The summed E-state index contributed by atoms with van der Waals surface area (Å²) in [6.07, 6.45) is 6.03. The van der Waals surface area contributed by atoms with Crippen molar-refractivity contribution >= 4 is 45.3 Å². The highest BCUT2D eigenvalue weighted by molar-refractivity contribution is 6.30. The molecule has 0 aliphatic carbocycles. The molecule has 5 aromatic rings. The van der Waals surface area contributed by atoms with Crippen LogP contribution in [-0.2, 0) is 10.3 Å². The van der Waals surface area contributed by atoms with Crippen LogP contribution < -0.4 is 14.5 Å². The zero-order valence-electron chi connectivity index (χ0n) is 27.5. The summed E-state index contributed by atoms with van der Waals surface area (Å²) in [6, 6.07) is 34.5. The normalized spacial score (nSPS) is 16.0. The van der Waals surface area contributed by atoms with Crippen LogP contribution in [0.1, 0.15) is 46.5 Å². The number of ether oxygens (including phenoxy) is 2. The molecule has 5 nitrogen and oxygen atoms in total. The standard InChI is InChI=1S/C41H39ClN2O3/c1-6-44(7-2)34-22-23-37(39(27-34)46-5)41(38-26-31-12-9-8-11-30(31)25-36(38)40(45)47-41)24-10-13-35(28-14-18-32(42)19-15-28)29-16-20-33(21-17-29)43(3)4/h8-27H,6-7H2,1-5H3. The van der Waals surface area contributed by atoms with E-state index >= 15 is 0 Å². The molecule has 0 fully saturated rings. The van der Waals surface area contributed by atoms with E-state index < -0.39 is 5.60 Å². The van der Waals surface area contributed by atoms with Crippen LogP contribution >= 0.6 is 11.6 Å². The Morgan fingerprint density at radius 2 is 1.43 bits per heavy atom. The van der Waals surface area contributed by atoms with Crippen LogP contribution in [0.25, 0.3) is 16.3 Å². The Morgan fingerprint density at radius 3 is 2.04 bits per heavy atom. The highest BCUT2D eigenvalue weighted by Crippen LogP contribution is 2.48. The van der Waals surface area contributed by atoms with Crippen molar-refractivity contribution in [3.63, 3.8) is 0 Å². The molecule has 1 atom stereocenters. The van der Waals surface area contributed by atoms with Gasteiger partial charge in [0.05, 0.1) is 12.7 Å². The Kier molecular flexibility index (Phi) is 9.10. The molecule has 0 aromatic heterocycles. The van der Waals surface area contributed by atoms with Crippen molar-refractivity contribution in [1.29, 1.82) is 0 Å². The second-order valence-electron chi connectivity index (χ2n) is 11.8. The summed E-state index contributed by atoms with van der Waals surface area (Å²) in [6.45, 7) is 5.99. The Bertz CT molecular complexity index is 1980. The summed E-state index contributed by atoms with van der Waals surface area (Å²) in [4.78, 5) is 18.0. The third-order valence-corrected chi connectivity index (χ3v) is 9.17. The van der Waals surface area contributed by atoms with E-state index in [-0.39, 0.29) is 5.97 Å². The number of nitrogens with zero attached hydrogens (tertiary/aromatic N) is 2. The molecule has 0 bridgehead atoms. The quantitative estimate of drug-likeness (QED) is 0.112. The molecule has 238 valence electrons. The first-order valence-corrected chi connectivity index (χ1v) is 16.3. The van der Waals surface area contributed by atoms with E-state index in [0.717, 1.165) is 63.1 Å². The fourth-order valence-electron chi connectivity index (χ4n) is 6.37. The zero-order valence-corrected chi connectivity index (χ0v) is 28.2. The third-order valence-electron chi connectivity index (χ3n) is 8.92. The molecule has 5 aromatic carbocycles. The Balaban J connectivity index is 1.55. The number of carbonyl (C=O) groups excluding carboxylic acids is 1. The number of hydrogen-bond donors (Lipinski definition) is 0. The molecule has 0 saturated carbocycles. The number of benzene rings is 5. The van der Waals surface area contributed by atoms with Gasteiger partial charge >= 0.3 is 5.97 Å². The van der Waals surface area contributed by atoms with Gasteiger partial charge in [-0.05, 0) is 95.9 Å². The minimum Gasteiger partial charge on any atom is -0.496 e. The van der Waals surface area contributed by atoms with Crippen LogP contribution in [-0.4, -0.2) is 40.3 Å². The molecule has 1 aliphatic heterocycles. The molecule has 1 unspecified atom stereocenters. The van der Waals surface area contributed by atoms with E-state index in [1.807, 2.05) is 86.9 Å². The van der Waals surface area contributed by atoms with Gasteiger partial charge in [-0.2, -0.15) is 0 Å². The number of fused-ring (bicyclic) bond motifs is 2. The van der Waals surface area contributed by atoms with E-state index in [1.165, 1.54) is 0 Å². The molecule has 1 heterocycles. The van der Waals surface area contributed by atoms with Crippen LogP contribution in [0.2, 0.25) is 5.02 Å². The van der Waals surface area contributed by atoms with Gasteiger partial charge in [-0.25, -0.2) is 4.79 Å². The number of methoxy groups -OCH3 is 1. The average molecular weight is 643 g/mol. The lowest BCUT2D eigenvalue weighted by molar-refractivity contribution is 0.0269. The predicted molar refractivity (Wildman–Crippen MR) is 195 cm³/mol. The number of esters is 1. The topological polar surface area (TPSA) is 42.0 Å². The second kappa shape index (κ2) is 13.4. The van der Waals surface area contributed by atoms with E-state index in [1.54, 1.807) is 7.11 Å². The first kappa shape index (κ1) is 32.0. The molecule has 0 saturated heterocycles. The molecule has 1 aliphatic rings. The summed E-state index contributed by atoms with van der Waals surface area (Å²) >= 11 is 6.27. The maximum atomic E-state index is 13.7. The fraction of sp³-hybridized carbons (Fsp3) is 0.195. The largest absolute Gasteiger partial charge is 0.496 e. The fourth-order valence-corrected chi connectivity index (χ4v) is 6.49. The number of cyclic esters (lactones) is 1. The van der Waals surface area contributed by atoms with Crippen molar-refractivity contribution < 1.29 is 14.3 Å². The zero-order chi connectivity index (χ0) is 33.1. The number of halogens is 1. The SMILES string of the molecule is CCN(CC)c1ccc(C2(C=CC=C(c3ccc(Cl)cc3)c3ccc(N(C)C)cc3)OC(=O)c3cc4ccccc4cc32)c(OC)c1. The van der Waals surface area contributed by atoms with Crippen molar-refractivity contribution in [2.24, 2.45) is 0 Å². The van der Waals surface area contributed by atoms with Gasteiger partial charge in [-0.1, -0.05) is 72.3 Å². The first-order valence-electron chi connectivity index (χ1n) is 15.9. The Labute approximate surface area is 282 Å². The summed E-state index contributed by atoms with van der Waals surface area (Å²) in [5.41, 5.74) is 6.09. The molecular formula is C41H39ClN2O3. The van der Waals surface area contributed by atoms with Gasteiger partial charge in [0.15, 0.2) is 5.60 Å². The minimum atomic E-state index is -1.22. The number of allylic oxidation sites excluding steroid dienone is 2. The molecule has 0 amide bonds. The van der Waals surface area contributed by atoms with E-state index in [0.29, 0.717) is 16.3 Å². The monoisotopic (exact) mass is 642 g/mol. The van der Waals surface area contributed by atoms with Gasteiger partial charge in [-0.3, -0.25) is 0 Å². The van der Waals surface area contributed by atoms with E-state index in [2.05, 4.69) is 72.2 Å². The van der Waals surface area contributed by atoms with Gasteiger partial charge < -0.3 is 19.3 Å². The predicted octanol–water partition coefficient (Wildman–Crippen LogP) is 9.52. The van der Waals surface area contributed by atoms with Crippen molar-refractivity contribution in [1.82, 2.24) is 0 Å². The number of rotatable bonds is 10. The van der Waals surface area contributed by atoms with Crippen LogP contribution in [0.15, 0.2) is 121 Å². The Hall–Kier alpha value is -5.00. The summed E-state index contributed by atoms with van der Waals surface area (Å²) in [5.74, 6) is 0.278. The lowest BCUT2D eigenvalue weighted by Crippen LogP contribution is -2.27. The molecule has 0 radical (unpaired) electrons. The summed E-state index contributed by atoms with van der Waals surface area (Å²) in [7, 11) is 5.72. The average Bonchev–Trinajstić information content (AvgIpc) is 3.37. The van der Waals surface area contributed by atoms with Crippen molar-refractivity contribution in [3.8, 4) is 5.75 Å². The van der Waals surface area contributed by atoms with Crippen LogP contribution in [0, 0.1) is 0 Å². The van der Waals surface area contributed by atoms with Crippen LogP contribution in [0.5, 0.6) is 5.75 Å². The molecule has 47 heavy (non-hydrogen) atoms. The lowest BCUT2D eigenvalue weighted by atomic mass is 9.83. The highest BCUT2D eigenvalue weighted by Gasteiger charge is 2.47. The summed E-state index contributed by atoms with van der Waals surface area (Å²) < 4.78 is 12.5. The Morgan fingerprint density at radius 1 is 0.809 bits per heavy atom. The molecule has 6 heteroatoms. The minimum absolute atomic E-state index is 0.369. The van der Waals surface area contributed by atoms with E-state index in [4.69, 9.17) is 21.1 Å². The van der Waals surface area contributed by atoms with Crippen LogP contribution in [0.4, 0.5) is 11.4 Å². The van der Waals surface area contributed by atoms with Gasteiger partial charge in [0.2, 0.25) is 0 Å². The second-order valence-corrected chi connectivity index (χ2v) is 12.3. The van der Waals surface area contributed by atoms with Gasteiger partial charge in [0.25, 0.3) is 0 Å². The maximum absolute atomic E-state index is 13.7. The van der Waals surface area contributed by atoms with Crippen molar-refractivity contribution in [2.45, 2.75) is 19.4 Å². The smallest absolute Gasteiger partial charge is 0.340 e. The highest BCUT2D eigenvalue weighted by atomic mass is 35.5. The third kappa shape index (κ3) is 6.11. The molecule has 6 rings (SSSR count). The number of anilines is 2. The molecular weight excluding hydrogens is 604 g/mol. The summed E-state index contributed by atoms with van der Waals surface area (Å²) in [5, 5.41) is 2.69. The van der Waals surface area contributed by atoms with Crippen molar-refractivity contribution in [3.05, 3.63) is 154 Å². The molecule has 0 spiro atoms. The van der Waals surface area contributed by atoms with Gasteiger partial charge in [-0.15, -0.1) is 0 Å². The first-order chi connectivity index (χ1) is 22.8. The lowest BCUT2D eigenvalue weighted by Gasteiger charge is -2.29. The number of hydrogen-bond acceptors (Lipinski definition) is 5. The van der Waals surface area contributed by atoms with Gasteiger partial charge in [0, 0.05) is 60.8 Å². The van der Waals surface area contributed by atoms with Crippen molar-refractivity contribution in [2.75, 3.05) is 44.1 Å². The van der Waals surface area contributed by atoms with Crippen LogP contribution in [0.3, 0.4) is 0 Å². The molecule has 0 N–H and O–H groups in total. The maximum Gasteiger partial charge on any atom is 0.340 e. The van der Waals surface area contributed by atoms with Gasteiger partial charge in [0.1, 0.15) is 5.75 Å². The van der Waals surface area contributed by atoms with E-state index in [9.17, 15) is 4.79 Å².